The van der Waals surface area contributed by atoms with Crippen molar-refractivity contribution in [3.63, 3.8) is 0 Å². The molecule has 10 heteroatoms. The number of aliphatic hydroxyl groups excluding tert-OH is 1. The van der Waals surface area contributed by atoms with Crippen molar-refractivity contribution in [1.82, 2.24) is 15.0 Å². The Morgan fingerprint density at radius 3 is 2.74 bits per heavy atom. The van der Waals surface area contributed by atoms with Gasteiger partial charge in [0.15, 0.2) is 0 Å². The molecule has 2 heterocycles. The van der Waals surface area contributed by atoms with E-state index < -0.39 is 28.3 Å². The number of nitrogens with zero attached hydrogens (tertiary/aromatic N) is 1. The lowest BCUT2D eigenvalue weighted by Gasteiger charge is -2.35. The number of carbonyl (C=O) groups is 1. The highest BCUT2D eigenvalue weighted by Gasteiger charge is 2.34. The van der Waals surface area contributed by atoms with Crippen LogP contribution in [0.3, 0.4) is 0 Å². The van der Waals surface area contributed by atoms with Gasteiger partial charge in [0.25, 0.3) is 0 Å². The molecule has 9 nitrogen and oxygen atoms in total. The molecule has 1 aromatic carbocycles. The Labute approximate surface area is 181 Å². The normalized spacial score (nSPS) is 21.4. The number of sulfonamides is 1. The predicted octanol–water partition coefficient (Wildman–Crippen LogP) is 0.983. The Balaban J connectivity index is 1.54. The summed E-state index contributed by atoms with van der Waals surface area (Å²) in [5.41, 5.74) is 0.938. The van der Waals surface area contributed by atoms with Gasteiger partial charge in [-0.2, -0.15) is 0 Å². The number of carbonyl (C=O) groups excluding carboxylic acids is 1. The van der Waals surface area contributed by atoms with Gasteiger partial charge in [0.05, 0.1) is 43.3 Å². The molecule has 1 aromatic heterocycles. The molecule has 0 radical (unpaired) electrons. The monoisotopic (exact) mass is 449 g/mol. The van der Waals surface area contributed by atoms with E-state index in [2.05, 4.69) is 15.0 Å². The van der Waals surface area contributed by atoms with E-state index in [1.165, 1.54) is 19.2 Å². The van der Waals surface area contributed by atoms with Crippen molar-refractivity contribution in [3.8, 4) is 5.75 Å². The first-order chi connectivity index (χ1) is 14.9. The van der Waals surface area contributed by atoms with E-state index in [9.17, 15) is 18.3 Å². The Morgan fingerprint density at radius 2 is 2.03 bits per heavy atom. The zero-order valence-electron chi connectivity index (χ0n) is 17.2. The Hall–Kier alpha value is -2.53. The van der Waals surface area contributed by atoms with Crippen LogP contribution in [0, 0.1) is 0 Å². The lowest BCUT2D eigenvalue weighted by atomic mass is 9.98. The molecule has 1 saturated heterocycles. The second-order valence-corrected chi connectivity index (χ2v) is 9.01. The summed E-state index contributed by atoms with van der Waals surface area (Å²) in [6.07, 6.45) is 3.24. The van der Waals surface area contributed by atoms with Crippen LogP contribution in [0.25, 0.3) is 0 Å². The van der Waals surface area contributed by atoms with Crippen molar-refractivity contribution >= 4 is 15.9 Å². The molecule has 2 aromatic rings. The molecule has 168 valence electrons. The van der Waals surface area contributed by atoms with E-state index >= 15 is 0 Å². The van der Waals surface area contributed by atoms with Crippen LogP contribution in [0.5, 0.6) is 5.75 Å². The standard InChI is InChI=1S/C21H27N3O6S/c1-29-16-3-2-4-18(11-16)31(27,28)24-19-6-5-17(30-20(19)14-25)12-21(26)23-13-15-7-9-22-10-8-15/h2-4,7-11,17,19-20,24-25H,5-6,12-14H2,1H3,(H,23,26)/t17-,19-,20+/m0/s1. The Morgan fingerprint density at radius 1 is 1.26 bits per heavy atom. The minimum absolute atomic E-state index is 0.0705. The lowest BCUT2D eigenvalue weighted by molar-refractivity contribution is -0.130. The number of pyridine rings is 1. The number of rotatable bonds is 9. The molecule has 3 atom stereocenters. The number of benzene rings is 1. The third kappa shape index (κ3) is 6.47. The third-order valence-corrected chi connectivity index (χ3v) is 6.59. The van der Waals surface area contributed by atoms with E-state index in [0.717, 1.165) is 5.56 Å². The number of aliphatic hydroxyl groups is 1. The van der Waals surface area contributed by atoms with Crippen LogP contribution in [-0.4, -0.2) is 56.4 Å². The molecule has 31 heavy (non-hydrogen) atoms. The summed E-state index contributed by atoms with van der Waals surface area (Å²) in [4.78, 5) is 16.2. The summed E-state index contributed by atoms with van der Waals surface area (Å²) in [5.74, 6) is 0.258. The second-order valence-electron chi connectivity index (χ2n) is 7.30. The molecule has 1 aliphatic heterocycles. The number of ether oxygens (including phenoxy) is 2. The van der Waals surface area contributed by atoms with E-state index in [0.29, 0.717) is 25.1 Å². The van der Waals surface area contributed by atoms with E-state index in [1.807, 2.05) is 12.1 Å². The second kappa shape index (κ2) is 10.7. The maximum atomic E-state index is 12.7. The third-order valence-electron chi connectivity index (χ3n) is 5.11. The fourth-order valence-corrected chi connectivity index (χ4v) is 4.77. The van der Waals surface area contributed by atoms with Crippen LogP contribution in [0.15, 0.2) is 53.7 Å². The minimum Gasteiger partial charge on any atom is -0.497 e. The summed E-state index contributed by atoms with van der Waals surface area (Å²) < 4.78 is 39.0. The average molecular weight is 450 g/mol. The highest BCUT2D eigenvalue weighted by Crippen LogP contribution is 2.24. The molecule has 3 rings (SSSR count). The highest BCUT2D eigenvalue weighted by atomic mass is 32.2. The van der Waals surface area contributed by atoms with Gasteiger partial charge in [0.2, 0.25) is 15.9 Å². The van der Waals surface area contributed by atoms with Crippen molar-refractivity contribution in [3.05, 3.63) is 54.4 Å². The predicted molar refractivity (Wildman–Crippen MR) is 113 cm³/mol. The molecule has 0 spiro atoms. The number of hydrogen-bond acceptors (Lipinski definition) is 7. The molecule has 0 saturated carbocycles. The molecule has 1 aliphatic rings. The van der Waals surface area contributed by atoms with Gasteiger partial charge in [0, 0.05) is 25.0 Å². The van der Waals surface area contributed by atoms with Gasteiger partial charge in [-0.15, -0.1) is 0 Å². The van der Waals surface area contributed by atoms with E-state index in [1.54, 1.807) is 24.5 Å². The molecule has 1 amide bonds. The van der Waals surface area contributed by atoms with Crippen LogP contribution in [0.4, 0.5) is 0 Å². The maximum absolute atomic E-state index is 12.7. The van der Waals surface area contributed by atoms with E-state index in [4.69, 9.17) is 9.47 Å². The zero-order valence-corrected chi connectivity index (χ0v) is 18.0. The summed E-state index contributed by atoms with van der Waals surface area (Å²) in [6.45, 7) is 0.0287. The molecule has 0 unspecified atom stereocenters. The molecule has 1 fully saturated rings. The van der Waals surface area contributed by atoms with Crippen molar-refractivity contribution in [2.75, 3.05) is 13.7 Å². The van der Waals surface area contributed by atoms with Crippen LogP contribution < -0.4 is 14.8 Å². The summed E-state index contributed by atoms with van der Waals surface area (Å²) in [6, 6.07) is 9.18. The van der Waals surface area contributed by atoms with Crippen molar-refractivity contribution in [2.24, 2.45) is 0 Å². The fraction of sp³-hybridized carbons (Fsp3) is 0.429. The molecular formula is C21H27N3O6S. The quantitative estimate of drug-likeness (QED) is 0.521. The number of hydrogen-bond donors (Lipinski definition) is 3. The van der Waals surface area contributed by atoms with Gasteiger partial charge in [-0.3, -0.25) is 9.78 Å². The van der Waals surface area contributed by atoms with Crippen LogP contribution in [0.2, 0.25) is 0 Å². The number of amides is 1. The topological polar surface area (TPSA) is 127 Å². The molecule has 3 N–H and O–H groups in total. The first kappa shape index (κ1) is 23.1. The largest absolute Gasteiger partial charge is 0.497 e. The van der Waals surface area contributed by atoms with Crippen LogP contribution >= 0.6 is 0 Å². The molecule has 0 bridgehead atoms. The zero-order chi connectivity index (χ0) is 22.3. The smallest absolute Gasteiger partial charge is 0.241 e. The fourth-order valence-electron chi connectivity index (χ4n) is 3.43. The summed E-state index contributed by atoms with van der Waals surface area (Å²) >= 11 is 0. The van der Waals surface area contributed by atoms with Gasteiger partial charge in [-0.1, -0.05) is 6.07 Å². The Bertz CT molecular complexity index is 970. The first-order valence-electron chi connectivity index (χ1n) is 9.99. The average Bonchev–Trinajstić information content (AvgIpc) is 2.79. The number of nitrogens with one attached hydrogen (secondary N) is 2. The summed E-state index contributed by atoms with van der Waals surface area (Å²) in [7, 11) is -2.36. The lowest BCUT2D eigenvalue weighted by Crippen LogP contribution is -2.51. The first-order valence-corrected chi connectivity index (χ1v) is 11.5. The Kier molecular flexibility index (Phi) is 7.97. The van der Waals surface area contributed by atoms with Crippen molar-refractivity contribution in [1.29, 1.82) is 0 Å². The van der Waals surface area contributed by atoms with Gasteiger partial charge in [-0.25, -0.2) is 13.1 Å². The number of aromatic nitrogens is 1. The molecular weight excluding hydrogens is 422 g/mol. The SMILES string of the molecule is COc1cccc(S(=O)(=O)N[C@H]2CC[C@@H](CC(=O)NCc3ccncc3)O[C@@H]2CO)c1. The van der Waals surface area contributed by atoms with Crippen LogP contribution in [0.1, 0.15) is 24.8 Å². The van der Waals surface area contributed by atoms with Crippen molar-refractivity contribution < 1.29 is 27.8 Å². The van der Waals surface area contributed by atoms with Crippen molar-refractivity contribution in [2.45, 2.75) is 49.0 Å². The van der Waals surface area contributed by atoms with Gasteiger partial charge in [-0.05, 0) is 42.7 Å². The van der Waals surface area contributed by atoms with Gasteiger partial charge in [0.1, 0.15) is 5.75 Å². The van der Waals surface area contributed by atoms with E-state index in [-0.39, 0.29) is 23.8 Å². The minimum atomic E-state index is -3.82. The summed E-state index contributed by atoms with van der Waals surface area (Å²) in [5, 5.41) is 12.6. The van der Waals surface area contributed by atoms with Gasteiger partial charge >= 0.3 is 0 Å². The highest BCUT2D eigenvalue weighted by molar-refractivity contribution is 7.89. The number of methoxy groups -OCH3 is 1. The van der Waals surface area contributed by atoms with Crippen LogP contribution in [-0.2, 0) is 26.1 Å². The molecule has 0 aliphatic carbocycles. The van der Waals surface area contributed by atoms with Gasteiger partial charge < -0.3 is 19.9 Å². The maximum Gasteiger partial charge on any atom is 0.241 e.